The fourth-order valence-corrected chi connectivity index (χ4v) is 1.66. The molecule has 19 heavy (non-hydrogen) atoms. The van der Waals surface area contributed by atoms with Gasteiger partial charge in [0.15, 0.2) is 0 Å². The van der Waals surface area contributed by atoms with Gasteiger partial charge in [-0.2, -0.15) is 5.10 Å². The van der Waals surface area contributed by atoms with Crippen molar-refractivity contribution >= 4 is 5.69 Å². The lowest BCUT2D eigenvalue weighted by Gasteiger charge is -2.08. The van der Waals surface area contributed by atoms with Gasteiger partial charge in [-0.05, 0) is 31.2 Å². The smallest absolute Gasteiger partial charge is 0.119 e. The lowest BCUT2D eigenvalue weighted by Crippen LogP contribution is -2.04. The SMILES string of the molecule is COCCOc1ccc(NCc2cn[nH]c2C)cc1. The van der Waals surface area contributed by atoms with Gasteiger partial charge in [0.25, 0.3) is 0 Å². The van der Waals surface area contributed by atoms with E-state index in [1.54, 1.807) is 7.11 Å². The first-order valence-electron chi connectivity index (χ1n) is 6.24. The molecule has 0 bridgehead atoms. The Bertz CT molecular complexity index is 494. The van der Waals surface area contributed by atoms with Gasteiger partial charge in [-0.25, -0.2) is 0 Å². The highest BCUT2D eigenvalue weighted by atomic mass is 16.5. The predicted octanol–water partition coefficient (Wildman–Crippen LogP) is 2.36. The Labute approximate surface area is 112 Å². The molecule has 0 atom stereocenters. The van der Waals surface area contributed by atoms with E-state index >= 15 is 0 Å². The minimum absolute atomic E-state index is 0.567. The summed E-state index contributed by atoms with van der Waals surface area (Å²) in [5.74, 6) is 0.849. The van der Waals surface area contributed by atoms with E-state index in [0.29, 0.717) is 13.2 Å². The van der Waals surface area contributed by atoms with E-state index in [0.717, 1.165) is 23.7 Å². The number of hydrogen-bond donors (Lipinski definition) is 2. The number of H-pyrrole nitrogens is 1. The molecule has 2 rings (SSSR count). The second-order valence-corrected chi connectivity index (χ2v) is 4.24. The van der Waals surface area contributed by atoms with Crippen LogP contribution in [0.3, 0.4) is 0 Å². The summed E-state index contributed by atoms with van der Waals surface area (Å²) in [7, 11) is 1.66. The molecule has 102 valence electrons. The van der Waals surface area contributed by atoms with Crippen LogP contribution in [0.1, 0.15) is 11.3 Å². The summed E-state index contributed by atoms with van der Waals surface area (Å²) < 4.78 is 10.4. The van der Waals surface area contributed by atoms with Crippen molar-refractivity contribution in [1.29, 1.82) is 0 Å². The third-order valence-corrected chi connectivity index (χ3v) is 2.83. The third-order valence-electron chi connectivity index (χ3n) is 2.83. The molecular formula is C14H19N3O2. The van der Waals surface area contributed by atoms with Crippen LogP contribution in [0.25, 0.3) is 0 Å². The number of anilines is 1. The monoisotopic (exact) mass is 261 g/mol. The molecule has 0 fully saturated rings. The molecule has 0 saturated carbocycles. The van der Waals surface area contributed by atoms with Crippen LogP contribution in [0, 0.1) is 6.92 Å². The summed E-state index contributed by atoms with van der Waals surface area (Å²) in [6.07, 6.45) is 1.84. The minimum atomic E-state index is 0.567. The van der Waals surface area contributed by atoms with Crippen LogP contribution in [-0.4, -0.2) is 30.5 Å². The summed E-state index contributed by atoms with van der Waals surface area (Å²) in [6.45, 7) is 3.93. The molecule has 0 radical (unpaired) electrons. The molecule has 5 nitrogen and oxygen atoms in total. The van der Waals surface area contributed by atoms with Crippen molar-refractivity contribution in [3.8, 4) is 5.75 Å². The van der Waals surface area contributed by atoms with Crippen molar-refractivity contribution < 1.29 is 9.47 Å². The first-order chi connectivity index (χ1) is 9.29. The highest BCUT2D eigenvalue weighted by molar-refractivity contribution is 5.46. The predicted molar refractivity (Wildman–Crippen MR) is 74.5 cm³/mol. The number of nitrogens with zero attached hydrogens (tertiary/aromatic N) is 1. The van der Waals surface area contributed by atoms with Gasteiger partial charge in [-0.3, -0.25) is 5.10 Å². The number of ether oxygens (including phenoxy) is 2. The molecule has 1 aromatic heterocycles. The molecule has 0 unspecified atom stereocenters. The second kappa shape index (κ2) is 6.80. The zero-order chi connectivity index (χ0) is 13.5. The first kappa shape index (κ1) is 13.4. The van der Waals surface area contributed by atoms with Crippen molar-refractivity contribution in [2.24, 2.45) is 0 Å². The molecule has 0 aliphatic rings. The van der Waals surface area contributed by atoms with Crippen LogP contribution < -0.4 is 10.1 Å². The average molecular weight is 261 g/mol. The minimum Gasteiger partial charge on any atom is -0.491 e. The van der Waals surface area contributed by atoms with Crippen molar-refractivity contribution in [1.82, 2.24) is 10.2 Å². The van der Waals surface area contributed by atoms with Crippen LogP contribution in [0.4, 0.5) is 5.69 Å². The Balaban J connectivity index is 1.83. The van der Waals surface area contributed by atoms with Gasteiger partial charge < -0.3 is 14.8 Å². The molecule has 5 heteroatoms. The Hall–Kier alpha value is -2.01. The number of methoxy groups -OCH3 is 1. The maximum absolute atomic E-state index is 5.50. The summed E-state index contributed by atoms with van der Waals surface area (Å²) in [4.78, 5) is 0. The summed E-state index contributed by atoms with van der Waals surface area (Å²) in [5.41, 5.74) is 3.31. The molecule has 0 spiro atoms. The Morgan fingerprint density at radius 1 is 1.21 bits per heavy atom. The number of rotatable bonds is 7. The number of hydrogen-bond acceptors (Lipinski definition) is 4. The second-order valence-electron chi connectivity index (χ2n) is 4.24. The molecule has 0 saturated heterocycles. The topological polar surface area (TPSA) is 59.2 Å². The van der Waals surface area contributed by atoms with E-state index < -0.39 is 0 Å². The lowest BCUT2D eigenvalue weighted by molar-refractivity contribution is 0.146. The summed E-state index contributed by atoms with van der Waals surface area (Å²) in [6, 6.07) is 7.88. The summed E-state index contributed by atoms with van der Waals surface area (Å²) in [5, 5.41) is 10.3. The zero-order valence-corrected chi connectivity index (χ0v) is 11.3. The van der Waals surface area contributed by atoms with Gasteiger partial charge >= 0.3 is 0 Å². The first-order valence-corrected chi connectivity index (χ1v) is 6.24. The van der Waals surface area contributed by atoms with Crippen LogP contribution >= 0.6 is 0 Å². The fourth-order valence-electron chi connectivity index (χ4n) is 1.66. The van der Waals surface area contributed by atoms with E-state index in [4.69, 9.17) is 9.47 Å². The number of aromatic nitrogens is 2. The highest BCUT2D eigenvalue weighted by Gasteiger charge is 2.00. The van der Waals surface area contributed by atoms with E-state index in [-0.39, 0.29) is 0 Å². The normalized spacial score (nSPS) is 10.4. The van der Waals surface area contributed by atoms with Crippen LogP contribution in [0.5, 0.6) is 5.75 Å². The largest absolute Gasteiger partial charge is 0.491 e. The summed E-state index contributed by atoms with van der Waals surface area (Å²) >= 11 is 0. The molecule has 0 amide bonds. The van der Waals surface area contributed by atoms with Gasteiger partial charge in [0.2, 0.25) is 0 Å². The highest BCUT2D eigenvalue weighted by Crippen LogP contribution is 2.16. The Morgan fingerprint density at radius 3 is 2.63 bits per heavy atom. The number of aromatic amines is 1. The van der Waals surface area contributed by atoms with Gasteiger partial charge in [0.05, 0.1) is 12.8 Å². The van der Waals surface area contributed by atoms with Gasteiger partial charge in [-0.15, -0.1) is 0 Å². The van der Waals surface area contributed by atoms with Crippen molar-refractivity contribution in [3.63, 3.8) is 0 Å². The van der Waals surface area contributed by atoms with E-state index in [1.807, 2.05) is 37.4 Å². The van der Waals surface area contributed by atoms with E-state index in [9.17, 15) is 0 Å². The van der Waals surface area contributed by atoms with E-state index in [1.165, 1.54) is 5.56 Å². The maximum Gasteiger partial charge on any atom is 0.119 e. The standard InChI is InChI=1S/C14H19N3O2/c1-11-12(10-16-17-11)9-15-13-3-5-14(6-4-13)19-8-7-18-2/h3-6,10,15H,7-9H2,1-2H3,(H,16,17). The Kier molecular flexibility index (Phi) is 4.80. The molecule has 1 aromatic carbocycles. The fraction of sp³-hybridized carbons (Fsp3) is 0.357. The number of nitrogens with one attached hydrogen (secondary N) is 2. The zero-order valence-electron chi connectivity index (χ0n) is 11.3. The van der Waals surface area contributed by atoms with Gasteiger partial charge in [0, 0.05) is 30.6 Å². The van der Waals surface area contributed by atoms with Crippen LogP contribution in [-0.2, 0) is 11.3 Å². The van der Waals surface area contributed by atoms with E-state index in [2.05, 4.69) is 15.5 Å². The third kappa shape index (κ3) is 3.99. The number of aryl methyl sites for hydroxylation is 1. The quantitative estimate of drug-likeness (QED) is 0.751. The maximum atomic E-state index is 5.50. The lowest BCUT2D eigenvalue weighted by atomic mass is 10.2. The molecule has 2 aromatic rings. The van der Waals surface area contributed by atoms with Crippen molar-refractivity contribution in [2.75, 3.05) is 25.6 Å². The molecule has 0 aliphatic heterocycles. The van der Waals surface area contributed by atoms with Crippen molar-refractivity contribution in [2.45, 2.75) is 13.5 Å². The molecule has 0 aliphatic carbocycles. The molecule has 1 heterocycles. The van der Waals surface area contributed by atoms with Crippen LogP contribution in [0.2, 0.25) is 0 Å². The Morgan fingerprint density at radius 2 is 2.00 bits per heavy atom. The van der Waals surface area contributed by atoms with Gasteiger partial charge in [0.1, 0.15) is 12.4 Å². The van der Waals surface area contributed by atoms with Crippen molar-refractivity contribution in [3.05, 3.63) is 41.7 Å². The average Bonchev–Trinajstić information content (AvgIpc) is 2.84. The molecular weight excluding hydrogens is 242 g/mol. The van der Waals surface area contributed by atoms with Gasteiger partial charge in [-0.1, -0.05) is 0 Å². The molecule has 2 N–H and O–H groups in total. The number of benzene rings is 1. The van der Waals surface area contributed by atoms with Crippen LogP contribution in [0.15, 0.2) is 30.5 Å².